The van der Waals surface area contributed by atoms with Crippen LogP contribution in [0.5, 0.6) is 0 Å². The molecular formula is C40H76N2O5. The van der Waals surface area contributed by atoms with Gasteiger partial charge in [0, 0.05) is 0 Å². The number of carboxylic acids is 1. The minimum atomic E-state index is -1.39. The normalized spacial score (nSPS) is 18.1. The number of aliphatic hydroxyl groups is 1. The van der Waals surface area contributed by atoms with E-state index in [0.717, 1.165) is 4.90 Å². The lowest BCUT2D eigenvalue weighted by Crippen LogP contribution is -2.57. The average Bonchev–Trinajstić information content (AvgIpc) is 3.36. The first-order valence-electron chi connectivity index (χ1n) is 20.2. The molecule has 47 heavy (non-hydrogen) atoms. The summed E-state index contributed by atoms with van der Waals surface area (Å²) in [6, 6.07) is -1.17. The third kappa shape index (κ3) is 18.7. The molecule has 7 heteroatoms. The molecule has 1 N–H and O–H groups in total. The lowest BCUT2D eigenvalue weighted by Gasteiger charge is -2.40. The Morgan fingerprint density at radius 1 is 0.681 bits per heavy atom. The zero-order valence-electron chi connectivity index (χ0n) is 31.4. The number of amides is 1. The number of ether oxygens (including phenoxy) is 1. The van der Waals surface area contributed by atoms with Gasteiger partial charge in [0.2, 0.25) is 5.91 Å². The van der Waals surface area contributed by atoms with E-state index in [9.17, 15) is 14.7 Å². The van der Waals surface area contributed by atoms with E-state index in [0.29, 0.717) is 0 Å². The molecule has 2 atom stereocenters. The molecule has 0 unspecified atom stereocenters. The maximum absolute atomic E-state index is 11.0. The van der Waals surface area contributed by atoms with Crippen molar-refractivity contribution in [3.63, 3.8) is 0 Å². The van der Waals surface area contributed by atoms with E-state index in [-0.39, 0.29) is 24.7 Å². The summed E-state index contributed by atoms with van der Waals surface area (Å²) in [5, 5.41) is 19.3. The van der Waals surface area contributed by atoms with Gasteiger partial charge >= 0.3 is 0 Å². The van der Waals surface area contributed by atoms with Gasteiger partial charge in [-0.3, -0.25) is 9.69 Å². The lowest BCUT2D eigenvalue weighted by atomic mass is 10.0. The van der Waals surface area contributed by atoms with E-state index < -0.39 is 18.2 Å². The van der Waals surface area contributed by atoms with Gasteiger partial charge in [-0.2, -0.15) is 0 Å². The standard InChI is InChI=1S/C32H68N.C8H9NO5/c1-5-9-13-17-21-25-29-33(30-26-22-18-14-10-6-2,31-27-23-19-15-11-7-3)32-28-24-20-16-12-8-4;10-2-1-4-7(8(12)13)9-5(11)3-6(9)14-4/h5-32H2,1-4H3;1,6-7,10H,2-3H2,(H,12,13)/q+1;/p-1/b;4-1-/t;6-,7-/m.1/s1. The van der Waals surface area contributed by atoms with Crippen LogP contribution in [0.4, 0.5) is 0 Å². The molecule has 0 aromatic rings. The number of aliphatic carboxylic acids is 1. The van der Waals surface area contributed by atoms with Crippen LogP contribution in [0.2, 0.25) is 0 Å². The fraction of sp³-hybridized carbons (Fsp3) is 0.900. The van der Waals surface area contributed by atoms with Crippen LogP contribution in [0.1, 0.15) is 188 Å². The first-order valence-corrected chi connectivity index (χ1v) is 20.2. The van der Waals surface area contributed by atoms with Crippen molar-refractivity contribution in [3.05, 3.63) is 11.8 Å². The summed E-state index contributed by atoms with van der Waals surface area (Å²) in [7, 11) is 0. The fourth-order valence-corrected chi connectivity index (χ4v) is 7.23. The van der Waals surface area contributed by atoms with Gasteiger partial charge in [-0.05, 0) is 57.4 Å². The van der Waals surface area contributed by atoms with E-state index in [1.807, 2.05) is 0 Å². The second-order valence-corrected chi connectivity index (χ2v) is 14.4. The summed E-state index contributed by atoms with van der Waals surface area (Å²) in [5.41, 5.74) is 0. The average molecular weight is 665 g/mol. The molecule has 2 saturated heterocycles. The van der Waals surface area contributed by atoms with Gasteiger partial charge in [-0.1, -0.05) is 130 Å². The summed E-state index contributed by atoms with van der Waals surface area (Å²) in [4.78, 5) is 22.9. The Labute approximate surface area is 290 Å². The molecule has 2 heterocycles. The van der Waals surface area contributed by atoms with Gasteiger partial charge in [0.25, 0.3) is 0 Å². The number of hydrogen-bond donors (Lipinski definition) is 1. The van der Waals surface area contributed by atoms with Gasteiger partial charge in [-0.25, -0.2) is 0 Å². The van der Waals surface area contributed by atoms with Crippen LogP contribution in [0.3, 0.4) is 0 Å². The Balaban J connectivity index is 0.000000644. The van der Waals surface area contributed by atoms with Gasteiger partial charge in [0.05, 0.1) is 45.2 Å². The number of nitrogens with zero attached hydrogens (tertiary/aromatic N) is 2. The third-order valence-corrected chi connectivity index (χ3v) is 10.2. The third-order valence-electron chi connectivity index (χ3n) is 10.2. The molecule has 0 spiro atoms. The second-order valence-electron chi connectivity index (χ2n) is 14.4. The Morgan fingerprint density at radius 2 is 1.02 bits per heavy atom. The van der Waals surface area contributed by atoms with Crippen LogP contribution in [0.25, 0.3) is 0 Å². The molecule has 0 saturated carbocycles. The number of carbonyl (C=O) groups excluding carboxylic acids is 2. The summed E-state index contributed by atoms with van der Waals surface area (Å²) in [6.45, 7) is 14.9. The molecule has 1 amide bonds. The number of β-lactam (4-membered cyclic amide) rings is 1. The largest absolute Gasteiger partial charge is 0.547 e. The number of carbonyl (C=O) groups is 2. The zero-order chi connectivity index (χ0) is 34.6. The first kappa shape index (κ1) is 43.4. The molecule has 0 radical (unpaired) electrons. The number of rotatable bonds is 30. The lowest BCUT2D eigenvalue weighted by molar-refractivity contribution is -0.929. The highest BCUT2D eigenvalue weighted by molar-refractivity contribution is 5.90. The molecule has 0 aromatic heterocycles. The van der Waals surface area contributed by atoms with Crippen molar-refractivity contribution < 1.29 is 29.0 Å². The van der Waals surface area contributed by atoms with Crippen molar-refractivity contribution in [3.8, 4) is 0 Å². The van der Waals surface area contributed by atoms with E-state index in [4.69, 9.17) is 9.84 Å². The first-order chi connectivity index (χ1) is 22.9. The van der Waals surface area contributed by atoms with Crippen molar-refractivity contribution >= 4 is 11.9 Å². The highest BCUT2D eigenvalue weighted by Gasteiger charge is 2.51. The molecular weight excluding hydrogens is 588 g/mol. The smallest absolute Gasteiger partial charge is 0.232 e. The van der Waals surface area contributed by atoms with E-state index in [1.54, 1.807) is 0 Å². The molecule has 0 aromatic carbocycles. The van der Waals surface area contributed by atoms with E-state index >= 15 is 0 Å². The van der Waals surface area contributed by atoms with Crippen molar-refractivity contribution in [2.45, 2.75) is 200 Å². The van der Waals surface area contributed by atoms with Crippen LogP contribution in [-0.4, -0.2) is 71.4 Å². The number of aliphatic hydroxyl groups excluding tert-OH is 1. The van der Waals surface area contributed by atoms with Crippen molar-refractivity contribution in [1.82, 2.24) is 4.90 Å². The summed E-state index contributed by atoms with van der Waals surface area (Å²) in [6.07, 6.45) is 35.7. The number of unbranched alkanes of at least 4 members (excludes halogenated alkanes) is 20. The van der Waals surface area contributed by atoms with Crippen LogP contribution < -0.4 is 5.11 Å². The van der Waals surface area contributed by atoms with E-state index in [2.05, 4.69) is 27.7 Å². The molecule has 2 fully saturated rings. The Morgan fingerprint density at radius 3 is 1.32 bits per heavy atom. The van der Waals surface area contributed by atoms with Crippen molar-refractivity contribution in [2.24, 2.45) is 0 Å². The molecule has 2 rings (SSSR count). The van der Waals surface area contributed by atoms with Crippen molar-refractivity contribution in [2.75, 3.05) is 32.8 Å². The Kier molecular flexibility index (Phi) is 26.1. The highest BCUT2D eigenvalue weighted by atomic mass is 16.5. The van der Waals surface area contributed by atoms with Gasteiger partial charge in [0.15, 0.2) is 6.23 Å². The Bertz CT molecular complexity index is 747. The van der Waals surface area contributed by atoms with Crippen LogP contribution >= 0.6 is 0 Å². The molecule has 2 aliphatic rings. The molecule has 0 bridgehead atoms. The van der Waals surface area contributed by atoms with E-state index in [1.165, 1.54) is 191 Å². The van der Waals surface area contributed by atoms with Crippen LogP contribution in [0, 0.1) is 0 Å². The molecule has 0 aliphatic carbocycles. The predicted molar refractivity (Wildman–Crippen MR) is 194 cm³/mol. The number of hydrogen-bond acceptors (Lipinski definition) is 5. The summed E-state index contributed by atoms with van der Waals surface area (Å²) >= 11 is 0. The number of carboxylic acid groups (broad SMARTS) is 1. The number of quaternary nitrogens is 1. The molecule has 7 nitrogen and oxygen atoms in total. The van der Waals surface area contributed by atoms with Crippen molar-refractivity contribution in [1.29, 1.82) is 0 Å². The highest BCUT2D eigenvalue weighted by Crippen LogP contribution is 2.35. The predicted octanol–water partition coefficient (Wildman–Crippen LogP) is 8.81. The molecule has 2 aliphatic heterocycles. The van der Waals surface area contributed by atoms with Crippen LogP contribution in [-0.2, 0) is 14.3 Å². The van der Waals surface area contributed by atoms with Crippen LogP contribution in [0.15, 0.2) is 11.8 Å². The molecule has 276 valence electrons. The SMILES string of the molecule is CCCCCCCC[N+](CCCCCCCC)(CCCCCCCC)CCCCCCCC.O=C([O-])[C@H]1/C(=C/CO)O[C@@H]2CC(=O)N21. The Hall–Kier alpha value is -1.60. The minimum absolute atomic E-state index is 0.0864. The number of fused-ring (bicyclic) bond motifs is 1. The summed E-state index contributed by atoms with van der Waals surface area (Å²) in [5.74, 6) is -1.57. The fourth-order valence-electron chi connectivity index (χ4n) is 7.23. The zero-order valence-corrected chi connectivity index (χ0v) is 31.4. The second kappa shape index (κ2) is 28.3. The van der Waals surface area contributed by atoms with Gasteiger partial charge < -0.3 is 24.2 Å². The topological polar surface area (TPSA) is 89.9 Å². The van der Waals surface area contributed by atoms with Gasteiger partial charge in [0.1, 0.15) is 11.8 Å². The maximum Gasteiger partial charge on any atom is 0.232 e. The minimum Gasteiger partial charge on any atom is -0.547 e. The quantitative estimate of drug-likeness (QED) is 0.0471. The summed E-state index contributed by atoms with van der Waals surface area (Å²) < 4.78 is 6.61. The van der Waals surface area contributed by atoms with Gasteiger partial charge in [-0.15, -0.1) is 0 Å². The monoisotopic (exact) mass is 665 g/mol. The maximum atomic E-state index is 11.0.